The van der Waals surface area contributed by atoms with Gasteiger partial charge in [0.2, 0.25) is 0 Å². The second-order valence-corrected chi connectivity index (χ2v) is 5.11. The maximum atomic E-state index is 12.6. The van der Waals surface area contributed by atoms with Crippen molar-refractivity contribution in [2.75, 3.05) is 5.73 Å². The first-order valence-corrected chi connectivity index (χ1v) is 6.80. The van der Waals surface area contributed by atoms with Crippen LogP contribution in [0.15, 0.2) is 48.7 Å². The molecule has 0 aliphatic heterocycles. The monoisotopic (exact) mass is 303 g/mol. The molecule has 0 saturated heterocycles. The first kappa shape index (κ1) is 15.3. The maximum Gasteiger partial charge on any atom is 0.254 e. The molecular weight excluding hydrogens is 286 g/mol. The lowest BCUT2D eigenvalue weighted by Gasteiger charge is -2.22. The van der Waals surface area contributed by atoms with Crippen LogP contribution >= 0.6 is 12.4 Å². The van der Waals surface area contributed by atoms with Crippen LogP contribution in [-0.2, 0) is 6.54 Å². The molecule has 110 valence electrons. The topological polar surface area (TPSA) is 59.2 Å². The van der Waals surface area contributed by atoms with Gasteiger partial charge in [0, 0.05) is 23.5 Å². The number of nitrogens with zero attached hydrogens (tertiary/aromatic N) is 2. The number of carbonyl (C=O) groups excluding carboxylic acids is 1. The van der Waals surface area contributed by atoms with E-state index >= 15 is 0 Å². The van der Waals surface area contributed by atoms with Gasteiger partial charge in [-0.05, 0) is 49.2 Å². The van der Waals surface area contributed by atoms with E-state index in [4.69, 9.17) is 5.73 Å². The number of halogens is 1. The fraction of sp³-hybridized carbons (Fsp3) is 0.250. The van der Waals surface area contributed by atoms with Gasteiger partial charge in [-0.25, -0.2) is 0 Å². The van der Waals surface area contributed by atoms with Crippen molar-refractivity contribution in [1.82, 2.24) is 9.88 Å². The van der Waals surface area contributed by atoms with Crippen molar-refractivity contribution in [3.63, 3.8) is 0 Å². The number of amides is 1. The number of carbonyl (C=O) groups is 1. The number of nitrogens with two attached hydrogens (primary N) is 1. The van der Waals surface area contributed by atoms with Crippen LogP contribution in [0.3, 0.4) is 0 Å². The van der Waals surface area contributed by atoms with E-state index in [9.17, 15) is 4.79 Å². The van der Waals surface area contributed by atoms with E-state index in [0.29, 0.717) is 23.8 Å². The molecule has 0 spiro atoms. The molecule has 2 aromatic rings. The third-order valence-corrected chi connectivity index (χ3v) is 3.46. The Balaban J connectivity index is 0.00000161. The molecule has 5 heteroatoms. The minimum Gasteiger partial charge on any atom is -0.399 e. The number of rotatable bonds is 4. The Bertz CT molecular complexity index is 597. The Morgan fingerprint density at radius 2 is 1.90 bits per heavy atom. The molecule has 1 heterocycles. The largest absolute Gasteiger partial charge is 0.399 e. The van der Waals surface area contributed by atoms with Crippen molar-refractivity contribution < 1.29 is 4.79 Å². The highest BCUT2D eigenvalue weighted by Gasteiger charge is 2.33. The third kappa shape index (κ3) is 3.73. The second-order valence-electron chi connectivity index (χ2n) is 5.11. The first-order chi connectivity index (χ1) is 9.74. The van der Waals surface area contributed by atoms with Gasteiger partial charge in [0.25, 0.3) is 5.91 Å². The molecule has 1 aliphatic rings. The molecule has 0 bridgehead atoms. The average Bonchev–Trinajstić information content (AvgIpc) is 3.30. The van der Waals surface area contributed by atoms with Crippen molar-refractivity contribution >= 4 is 24.0 Å². The summed E-state index contributed by atoms with van der Waals surface area (Å²) in [4.78, 5) is 18.8. The fourth-order valence-corrected chi connectivity index (χ4v) is 2.21. The minimum atomic E-state index is 0. The van der Waals surface area contributed by atoms with E-state index in [1.165, 1.54) is 0 Å². The molecule has 0 unspecified atom stereocenters. The van der Waals surface area contributed by atoms with Crippen molar-refractivity contribution in [2.24, 2.45) is 0 Å². The number of pyridine rings is 1. The van der Waals surface area contributed by atoms with Crippen LogP contribution in [0.1, 0.15) is 28.9 Å². The summed E-state index contributed by atoms with van der Waals surface area (Å²) in [6.45, 7) is 0.564. The first-order valence-electron chi connectivity index (χ1n) is 6.80. The molecule has 21 heavy (non-hydrogen) atoms. The normalized spacial score (nSPS) is 13.3. The van der Waals surface area contributed by atoms with Gasteiger partial charge in [0.1, 0.15) is 0 Å². The Kier molecular flexibility index (Phi) is 4.81. The Morgan fingerprint density at radius 1 is 1.19 bits per heavy atom. The average molecular weight is 304 g/mol. The summed E-state index contributed by atoms with van der Waals surface area (Å²) in [5.41, 5.74) is 7.94. The van der Waals surface area contributed by atoms with E-state index in [-0.39, 0.29) is 18.3 Å². The van der Waals surface area contributed by atoms with E-state index in [1.807, 2.05) is 23.1 Å². The number of hydrogen-bond acceptors (Lipinski definition) is 3. The molecular formula is C16H18ClN3O. The fourth-order valence-electron chi connectivity index (χ4n) is 2.21. The molecule has 1 aromatic heterocycles. The van der Waals surface area contributed by atoms with E-state index in [0.717, 1.165) is 18.5 Å². The number of nitrogen functional groups attached to an aromatic ring is 1. The smallest absolute Gasteiger partial charge is 0.254 e. The molecule has 0 atom stereocenters. The van der Waals surface area contributed by atoms with E-state index < -0.39 is 0 Å². The summed E-state index contributed by atoms with van der Waals surface area (Å²) in [6, 6.07) is 13.2. The van der Waals surface area contributed by atoms with E-state index in [2.05, 4.69) is 4.98 Å². The van der Waals surface area contributed by atoms with Crippen molar-refractivity contribution in [3.8, 4) is 0 Å². The predicted octanol–water partition coefficient (Wildman–Crippen LogP) is 2.89. The van der Waals surface area contributed by atoms with Gasteiger partial charge in [-0.3, -0.25) is 9.78 Å². The van der Waals surface area contributed by atoms with Crippen molar-refractivity contribution in [1.29, 1.82) is 0 Å². The molecule has 1 aromatic carbocycles. The molecule has 1 saturated carbocycles. The zero-order chi connectivity index (χ0) is 13.9. The summed E-state index contributed by atoms with van der Waals surface area (Å²) >= 11 is 0. The molecule has 3 rings (SSSR count). The van der Waals surface area contributed by atoms with Gasteiger partial charge in [0.05, 0.1) is 12.2 Å². The van der Waals surface area contributed by atoms with Crippen LogP contribution in [0.5, 0.6) is 0 Å². The Labute approximate surface area is 130 Å². The number of hydrogen-bond donors (Lipinski definition) is 1. The van der Waals surface area contributed by atoms with Crippen LogP contribution in [0.2, 0.25) is 0 Å². The molecule has 4 nitrogen and oxygen atoms in total. The summed E-state index contributed by atoms with van der Waals surface area (Å²) in [5, 5.41) is 0. The third-order valence-electron chi connectivity index (χ3n) is 3.46. The highest BCUT2D eigenvalue weighted by atomic mass is 35.5. The molecule has 1 fully saturated rings. The van der Waals surface area contributed by atoms with Crippen LogP contribution in [-0.4, -0.2) is 21.8 Å². The minimum absolute atomic E-state index is 0. The zero-order valence-electron chi connectivity index (χ0n) is 11.6. The maximum absolute atomic E-state index is 12.6. The van der Waals surface area contributed by atoms with Gasteiger partial charge in [-0.15, -0.1) is 12.4 Å². The Morgan fingerprint density at radius 3 is 2.48 bits per heavy atom. The molecule has 0 radical (unpaired) electrons. The lowest BCUT2D eigenvalue weighted by Crippen LogP contribution is -2.32. The van der Waals surface area contributed by atoms with Crippen molar-refractivity contribution in [2.45, 2.75) is 25.4 Å². The predicted molar refractivity (Wildman–Crippen MR) is 85.2 cm³/mol. The summed E-state index contributed by atoms with van der Waals surface area (Å²) < 4.78 is 0. The van der Waals surface area contributed by atoms with Crippen LogP contribution in [0.4, 0.5) is 5.69 Å². The van der Waals surface area contributed by atoms with Crippen LogP contribution in [0.25, 0.3) is 0 Å². The zero-order valence-corrected chi connectivity index (χ0v) is 12.4. The van der Waals surface area contributed by atoms with Gasteiger partial charge >= 0.3 is 0 Å². The van der Waals surface area contributed by atoms with Gasteiger partial charge in [0.15, 0.2) is 0 Å². The van der Waals surface area contributed by atoms with Gasteiger partial charge in [-0.1, -0.05) is 6.07 Å². The lowest BCUT2D eigenvalue weighted by atomic mass is 10.1. The summed E-state index contributed by atoms with van der Waals surface area (Å²) in [7, 11) is 0. The number of benzene rings is 1. The standard InChI is InChI=1S/C16H17N3O.ClH/c17-13-6-4-12(5-7-13)16(20)19(15-8-9-15)11-14-3-1-2-10-18-14;/h1-7,10,15H,8-9,11,17H2;1H. The number of anilines is 1. The lowest BCUT2D eigenvalue weighted by molar-refractivity contribution is 0.0728. The molecule has 2 N–H and O–H groups in total. The second kappa shape index (κ2) is 6.59. The van der Waals surface area contributed by atoms with Gasteiger partial charge in [-0.2, -0.15) is 0 Å². The highest BCUT2D eigenvalue weighted by molar-refractivity contribution is 5.94. The quantitative estimate of drug-likeness (QED) is 0.884. The molecule has 1 aliphatic carbocycles. The Hall–Kier alpha value is -2.07. The SMILES string of the molecule is Cl.Nc1ccc(C(=O)N(Cc2ccccn2)C2CC2)cc1. The summed E-state index contributed by atoms with van der Waals surface area (Å²) in [5.74, 6) is 0.0538. The number of aromatic nitrogens is 1. The van der Waals surface area contributed by atoms with Crippen LogP contribution in [0, 0.1) is 0 Å². The van der Waals surface area contributed by atoms with Crippen LogP contribution < -0.4 is 5.73 Å². The highest BCUT2D eigenvalue weighted by Crippen LogP contribution is 2.29. The van der Waals surface area contributed by atoms with Crippen molar-refractivity contribution in [3.05, 3.63) is 59.9 Å². The summed E-state index contributed by atoms with van der Waals surface area (Å²) in [6.07, 6.45) is 3.91. The van der Waals surface area contributed by atoms with Gasteiger partial charge < -0.3 is 10.6 Å². The van der Waals surface area contributed by atoms with E-state index in [1.54, 1.807) is 30.5 Å². The molecule has 1 amide bonds.